The first kappa shape index (κ1) is 18.2. The van der Waals surface area contributed by atoms with Gasteiger partial charge in [0.15, 0.2) is 15.5 Å². The van der Waals surface area contributed by atoms with Gasteiger partial charge in [-0.25, -0.2) is 8.42 Å². The van der Waals surface area contributed by atoms with Crippen molar-refractivity contribution in [3.05, 3.63) is 47.9 Å². The van der Waals surface area contributed by atoms with Crippen LogP contribution in [0.25, 0.3) is 0 Å². The Hall–Kier alpha value is -2.55. The topological polar surface area (TPSA) is 105 Å². The Balaban J connectivity index is 1.54. The van der Waals surface area contributed by atoms with Crippen LogP contribution in [0.1, 0.15) is 22.5 Å². The molecule has 0 aromatic carbocycles. The predicted molar refractivity (Wildman–Crippen MR) is 97.6 cm³/mol. The van der Waals surface area contributed by atoms with Crippen LogP contribution in [-0.2, 0) is 16.3 Å². The molecule has 0 aliphatic carbocycles. The number of pyridine rings is 1. The third kappa shape index (κ3) is 4.75. The van der Waals surface area contributed by atoms with Crippen LogP contribution < -0.4 is 5.32 Å². The lowest BCUT2D eigenvalue weighted by molar-refractivity contribution is 0.0789. The lowest BCUT2D eigenvalue weighted by atomic mass is 10.2. The van der Waals surface area contributed by atoms with E-state index in [2.05, 4.69) is 20.5 Å². The molecule has 2 aromatic rings. The minimum Gasteiger partial charge on any atom is -0.365 e. The molecule has 8 nitrogen and oxygen atoms in total. The minimum atomic E-state index is -2.95. The Morgan fingerprint density at radius 3 is 2.62 bits per heavy atom. The third-order valence-electron chi connectivity index (χ3n) is 4.30. The van der Waals surface area contributed by atoms with Gasteiger partial charge in [-0.1, -0.05) is 0 Å². The number of likely N-dealkylation sites (N-methyl/N-ethyl adjacent to an activating group) is 1. The van der Waals surface area contributed by atoms with Gasteiger partial charge in [0.2, 0.25) is 0 Å². The van der Waals surface area contributed by atoms with Crippen molar-refractivity contribution in [3.63, 3.8) is 0 Å². The van der Waals surface area contributed by atoms with Gasteiger partial charge in [0.05, 0.1) is 11.5 Å². The molecule has 26 heavy (non-hydrogen) atoms. The van der Waals surface area contributed by atoms with E-state index in [1.54, 1.807) is 36.5 Å². The number of nitrogens with zero attached hydrogens (tertiary/aromatic N) is 4. The predicted octanol–water partition coefficient (Wildman–Crippen LogP) is 0.785. The molecule has 2 aromatic heterocycles. The van der Waals surface area contributed by atoms with E-state index < -0.39 is 9.84 Å². The summed E-state index contributed by atoms with van der Waals surface area (Å²) in [5, 5.41) is 11.0. The first-order valence-corrected chi connectivity index (χ1v) is 10.2. The van der Waals surface area contributed by atoms with E-state index in [0.29, 0.717) is 18.8 Å². The molecular weight excluding hydrogens is 354 g/mol. The molecule has 138 valence electrons. The van der Waals surface area contributed by atoms with Crippen molar-refractivity contribution in [1.82, 2.24) is 20.1 Å². The standard InChI is InChI=1S/C17H21N5O3S/c1-22(10-6-13-4-8-18-9-5-13)17(23)15-2-3-16(21-20-15)19-14-7-11-26(24,25)12-14/h2-5,8-9,14H,6-7,10-12H2,1H3,(H,19,21). The van der Waals surface area contributed by atoms with Gasteiger partial charge in [0.1, 0.15) is 5.82 Å². The zero-order valence-corrected chi connectivity index (χ0v) is 15.3. The van der Waals surface area contributed by atoms with Crippen molar-refractivity contribution in [1.29, 1.82) is 0 Å². The average molecular weight is 375 g/mol. The van der Waals surface area contributed by atoms with E-state index in [-0.39, 0.29) is 29.1 Å². The monoisotopic (exact) mass is 375 g/mol. The van der Waals surface area contributed by atoms with E-state index in [0.717, 1.165) is 12.0 Å². The molecule has 0 bridgehead atoms. The maximum absolute atomic E-state index is 12.4. The fourth-order valence-corrected chi connectivity index (χ4v) is 4.46. The van der Waals surface area contributed by atoms with E-state index >= 15 is 0 Å². The van der Waals surface area contributed by atoms with Gasteiger partial charge in [-0.2, -0.15) is 0 Å². The van der Waals surface area contributed by atoms with Crippen LogP contribution in [0.2, 0.25) is 0 Å². The second-order valence-corrected chi connectivity index (χ2v) is 8.61. The molecule has 1 unspecified atom stereocenters. The van der Waals surface area contributed by atoms with E-state index in [9.17, 15) is 13.2 Å². The first-order valence-electron chi connectivity index (χ1n) is 8.38. The third-order valence-corrected chi connectivity index (χ3v) is 6.07. The van der Waals surface area contributed by atoms with Crippen molar-refractivity contribution in [2.24, 2.45) is 0 Å². The maximum atomic E-state index is 12.4. The fourth-order valence-electron chi connectivity index (χ4n) is 2.78. The van der Waals surface area contributed by atoms with Crippen molar-refractivity contribution >= 4 is 21.6 Å². The smallest absolute Gasteiger partial charge is 0.274 e. The fraction of sp³-hybridized carbons (Fsp3) is 0.412. The second kappa shape index (κ2) is 7.77. The van der Waals surface area contributed by atoms with Crippen molar-refractivity contribution in [3.8, 4) is 0 Å². The Kier molecular flexibility index (Phi) is 5.46. The van der Waals surface area contributed by atoms with E-state index in [1.165, 1.54) is 0 Å². The summed E-state index contributed by atoms with van der Waals surface area (Å²) in [6.45, 7) is 0.560. The number of hydrogen-bond donors (Lipinski definition) is 1. The first-order chi connectivity index (χ1) is 12.4. The SMILES string of the molecule is CN(CCc1ccncc1)C(=O)c1ccc(NC2CCS(=O)(=O)C2)nn1. The van der Waals surface area contributed by atoms with Gasteiger partial charge < -0.3 is 10.2 Å². The van der Waals surface area contributed by atoms with Gasteiger partial charge in [0.25, 0.3) is 5.91 Å². The summed E-state index contributed by atoms with van der Waals surface area (Å²) in [5.41, 5.74) is 1.36. The molecule has 0 saturated carbocycles. The number of rotatable bonds is 6. The lowest BCUT2D eigenvalue weighted by Gasteiger charge is -2.17. The van der Waals surface area contributed by atoms with Crippen molar-refractivity contribution in [2.75, 3.05) is 30.4 Å². The Bertz CT molecular complexity index is 856. The van der Waals surface area contributed by atoms with Gasteiger partial charge in [-0.05, 0) is 42.7 Å². The summed E-state index contributed by atoms with van der Waals surface area (Å²) < 4.78 is 23.0. The second-order valence-electron chi connectivity index (χ2n) is 6.38. The maximum Gasteiger partial charge on any atom is 0.274 e. The van der Waals surface area contributed by atoms with Crippen LogP contribution in [0.4, 0.5) is 5.82 Å². The quantitative estimate of drug-likeness (QED) is 0.795. The molecule has 1 aliphatic heterocycles. The van der Waals surface area contributed by atoms with E-state index in [1.807, 2.05) is 12.1 Å². The summed E-state index contributed by atoms with van der Waals surface area (Å²) >= 11 is 0. The molecule has 0 radical (unpaired) electrons. The van der Waals surface area contributed by atoms with Gasteiger partial charge in [-0.3, -0.25) is 9.78 Å². The Morgan fingerprint density at radius 1 is 1.23 bits per heavy atom. The molecule has 3 heterocycles. The molecule has 1 fully saturated rings. The molecule has 1 aliphatic rings. The zero-order chi connectivity index (χ0) is 18.6. The molecule has 1 amide bonds. The highest BCUT2D eigenvalue weighted by Crippen LogP contribution is 2.16. The normalized spacial score (nSPS) is 18.4. The summed E-state index contributed by atoms with van der Waals surface area (Å²) in [5.74, 6) is 0.564. The number of anilines is 1. The zero-order valence-electron chi connectivity index (χ0n) is 14.5. The molecule has 1 N–H and O–H groups in total. The summed E-state index contributed by atoms with van der Waals surface area (Å²) in [7, 11) is -1.23. The molecular formula is C17H21N5O3S. The summed E-state index contributed by atoms with van der Waals surface area (Å²) in [6.07, 6.45) is 4.74. The lowest BCUT2D eigenvalue weighted by Crippen LogP contribution is -2.30. The highest BCUT2D eigenvalue weighted by molar-refractivity contribution is 7.91. The summed E-state index contributed by atoms with van der Waals surface area (Å²) in [6, 6.07) is 6.94. The number of nitrogens with one attached hydrogen (secondary N) is 1. The number of hydrogen-bond acceptors (Lipinski definition) is 7. The minimum absolute atomic E-state index is 0.104. The number of aromatic nitrogens is 3. The van der Waals surface area contributed by atoms with Crippen LogP contribution in [0.15, 0.2) is 36.7 Å². The van der Waals surface area contributed by atoms with E-state index in [4.69, 9.17) is 0 Å². The number of carbonyl (C=O) groups is 1. The van der Waals surface area contributed by atoms with Gasteiger partial charge in [-0.15, -0.1) is 10.2 Å². The highest BCUT2D eigenvalue weighted by Gasteiger charge is 2.28. The van der Waals surface area contributed by atoms with Crippen LogP contribution in [0.3, 0.4) is 0 Å². The van der Waals surface area contributed by atoms with Crippen LogP contribution in [-0.4, -0.2) is 65.5 Å². The van der Waals surface area contributed by atoms with Gasteiger partial charge in [0, 0.05) is 32.0 Å². The number of carbonyl (C=O) groups excluding carboxylic acids is 1. The van der Waals surface area contributed by atoms with Crippen LogP contribution in [0.5, 0.6) is 0 Å². The average Bonchev–Trinajstić information content (AvgIpc) is 2.99. The summed E-state index contributed by atoms with van der Waals surface area (Å²) in [4.78, 5) is 18.0. The Labute approximate surface area is 152 Å². The van der Waals surface area contributed by atoms with Crippen LogP contribution in [0, 0.1) is 0 Å². The van der Waals surface area contributed by atoms with Crippen LogP contribution >= 0.6 is 0 Å². The molecule has 0 spiro atoms. The van der Waals surface area contributed by atoms with Crippen molar-refractivity contribution < 1.29 is 13.2 Å². The van der Waals surface area contributed by atoms with Crippen molar-refractivity contribution in [2.45, 2.75) is 18.9 Å². The highest BCUT2D eigenvalue weighted by atomic mass is 32.2. The Morgan fingerprint density at radius 2 is 2.00 bits per heavy atom. The molecule has 3 rings (SSSR count). The number of sulfone groups is 1. The largest absolute Gasteiger partial charge is 0.365 e. The molecule has 1 saturated heterocycles. The molecule has 1 atom stereocenters. The molecule has 9 heteroatoms. The van der Waals surface area contributed by atoms with Gasteiger partial charge >= 0.3 is 0 Å². The number of amides is 1.